The number of nitrogens with zero attached hydrogens (tertiary/aromatic N) is 1. The zero-order chi connectivity index (χ0) is 12.3. The highest BCUT2D eigenvalue weighted by molar-refractivity contribution is 9.10. The van der Waals surface area contributed by atoms with Gasteiger partial charge < -0.3 is 0 Å². The smallest absolute Gasteiger partial charge is 0.144 e. The number of benzene rings is 1. The van der Waals surface area contributed by atoms with Crippen molar-refractivity contribution in [3.05, 3.63) is 33.8 Å². The van der Waals surface area contributed by atoms with E-state index in [4.69, 9.17) is 0 Å². The molecule has 0 aliphatic carbocycles. The van der Waals surface area contributed by atoms with Gasteiger partial charge in [-0.15, -0.1) is 0 Å². The molecule has 0 N–H and O–H groups in total. The molecular weight excluding hydrogens is 286 g/mol. The van der Waals surface area contributed by atoms with E-state index in [-0.39, 0.29) is 4.75 Å². The van der Waals surface area contributed by atoms with Gasteiger partial charge in [0.2, 0.25) is 0 Å². The molecule has 1 aromatic rings. The molecule has 1 unspecified atom stereocenters. The van der Waals surface area contributed by atoms with Gasteiger partial charge in [0.25, 0.3) is 0 Å². The van der Waals surface area contributed by atoms with Gasteiger partial charge in [-0.05, 0) is 44.9 Å². The third-order valence-electron chi connectivity index (χ3n) is 2.12. The molecule has 0 radical (unpaired) electrons. The van der Waals surface area contributed by atoms with E-state index in [0.29, 0.717) is 0 Å². The van der Waals surface area contributed by atoms with Gasteiger partial charge >= 0.3 is 0 Å². The Morgan fingerprint density at radius 3 is 2.56 bits per heavy atom. The Kier molecular flexibility index (Phi) is 4.44. The molecule has 0 aliphatic rings. The molecule has 0 amide bonds. The Morgan fingerprint density at radius 2 is 2.00 bits per heavy atom. The van der Waals surface area contributed by atoms with E-state index in [1.807, 2.05) is 45.9 Å². The second-order valence-corrected chi connectivity index (χ2v) is 7.34. The molecule has 88 valence electrons. The van der Waals surface area contributed by atoms with E-state index < -0.39 is 11.0 Å². The summed E-state index contributed by atoms with van der Waals surface area (Å²) in [6.07, 6.45) is 1.68. The maximum Gasteiger partial charge on any atom is 0.144 e. The van der Waals surface area contributed by atoms with Crippen LogP contribution in [0.15, 0.2) is 27.1 Å². The van der Waals surface area contributed by atoms with Gasteiger partial charge in [-0.2, -0.15) is 4.40 Å². The minimum Gasteiger partial charge on any atom is -0.234 e. The first kappa shape index (κ1) is 13.6. The van der Waals surface area contributed by atoms with Crippen LogP contribution in [0.3, 0.4) is 0 Å². The molecule has 4 heteroatoms. The molecule has 1 rings (SSSR count). The Labute approximate surface area is 108 Å². The molecule has 0 saturated heterocycles. The Balaban J connectivity index is 2.94. The molecular formula is C12H16BrNOS. The normalized spacial score (nSPS) is 14.3. The van der Waals surface area contributed by atoms with Crippen LogP contribution < -0.4 is 0 Å². The van der Waals surface area contributed by atoms with Crippen molar-refractivity contribution >= 4 is 33.1 Å². The van der Waals surface area contributed by atoms with Gasteiger partial charge in [0.05, 0.1) is 4.75 Å². The van der Waals surface area contributed by atoms with Crippen LogP contribution in [0.4, 0.5) is 0 Å². The first-order valence-corrected chi connectivity index (χ1v) is 6.93. The zero-order valence-corrected chi connectivity index (χ0v) is 12.4. The largest absolute Gasteiger partial charge is 0.234 e. The van der Waals surface area contributed by atoms with Crippen LogP contribution in [0.2, 0.25) is 0 Å². The minimum atomic E-state index is -1.20. The molecule has 16 heavy (non-hydrogen) atoms. The van der Waals surface area contributed by atoms with Gasteiger partial charge in [0.1, 0.15) is 11.0 Å². The predicted molar refractivity (Wildman–Crippen MR) is 74.4 cm³/mol. The molecule has 0 bridgehead atoms. The molecule has 0 saturated carbocycles. The highest BCUT2D eigenvalue weighted by Gasteiger charge is 2.18. The first-order valence-electron chi connectivity index (χ1n) is 5.03. The highest BCUT2D eigenvalue weighted by atomic mass is 79.9. The van der Waals surface area contributed by atoms with Gasteiger partial charge in [-0.1, -0.05) is 28.1 Å². The first-order chi connectivity index (χ1) is 7.32. The standard InChI is InChI=1S/C12H16BrNOS/c1-9-10(6-5-7-11(9)13)8-14-16(15)12(2,3)4/h5-8H,1-4H3. The Hall–Kier alpha value is -0.480. The summed E-state index contributed by atoms with van der Waals surface area (Å²) in [5, 5.41) is 0. The van der Waals surface area contributed by atoms with Crippen molar-refractivity contribution in [3.63, 3.8) is 0 Å². The maximum atomic E-state index is 11.7. The predicted octanol–water partition coefficient (Wildman–Crippen LogP) is 3.64. The van der Waals surface area contributed by atoms with Crippen molar-refractivity contribution in [1.82, 2.24) is 0 Å². The lowest BCUT2D eigenvalue weighted by Crippen LogP contribution is -2.19. The van der Waals surface area contributed by atoms with Crippen LogP contribution in [0.1, 0.15) is 31.9 Å². The van der Waals surface area contributed by atoms with Crippen molar-refractivity contribution in [3.8, 4) is 0 Å². The van der Waals surface area contributed by atoms with Gasteiger partial charge in [-0.25, -0.2) is 4.21 Å². The topological polar surface area (TPSA) is 29.4 Å². The van der Waals surface area contributed by atoms with Crippen molar-refractivity contribution in [2.24, 2.45) is 4.40 Å². The Morgan fingerprint density at radius 1 is 1.38 bits per heavy atom. The SMILES string of the molecule is Cc1c(Br)cccc1C=NS(=O)C(C)(C)C. The van der Waals surface area contributed by atoms with Crippen molar-refractivity contribution < 1.29 is 4.21 Å². The van der Waals surface area contributed by atoms with Crippen LogP contribution in [-0.4, -0.2) is 15.2 Å². The lowest BCUT2D eigenvalue weighted by Gasteiger charge is -2.12. The lowest BCUT2D eigenvalue weighted by molar-refractivity contribution is 0.651. The number of hydrogen-bond acceptors (Lipinski definition) is 1. The fraction of sp³-hybridized carbons (Fsp3) is 0.417. The second-order valence-electron chi connectivity index (χ2n) is 4.55. The highest BCUT2D eigenvalue weighted by Crippen LogP contribution is 2.19. The van der Waals surface area contributed by atoms with Crippen LogP contribution in [0.25, 0.3) is 0 Å². The van der Waals surface area contributed by atoms with Crippen LogP contribution >= 0.6 is 15.9 Å². The van der Waals surface area contributed by atoms with E-state index >= 15 is 0 Å². The third kappa shape index (κ3) is 3.52. The summed E-state index contributed by atoms with van der Waals surface area (Å²) in [7, 11) is -1.20. The van der Waals surface area contributed by atoms with Crippen molar-refractivity contribution in [2.45, 2.75) is 32.4 Å². The molecule has 2 nitrogen and oxygen atoms in total. The molecule has 0 fully saturated rings. The molecule has 0 spiro atoms. The molecule has 1 aromatic carbocycles. The molecule has 0 aliphatic heterocycles. The van der Waals surface area contributed by atoms with Crippen LogP contribution in [-0.2, 0) is 11.0 Å². The van der Waals surface area contributed by atoms with Crippen molar-refractivity contribution in [1.29, 1.82) is 0 Å². The monoisotopic (exact) mass is 301 g/mol. The summed E-state index contributed by atoms with van der Waals surface area (Å²) in [5.74, 6) is 0. The van der Waals surface area contributed by atoms with Crippen molar-refractivity contribution in [2.75, 3.05) is 0 Å². The summed E-state index contributed by atoms with van der Waals surface area (Å²) in [6.45, 7) is 7.74. The summed E-state index contributed by atoms with van der Waals surface area (Å²) in [6, 6.07) is 5.88. The average Bonchev–Trinajstić information content (AvgIpc) is 2.18. The molecule has 0 heterocycles. The van der Waals surface area contributed by atoms with E-state index in [1.165, 1.54) is 0 Å². The van der Waals surface area contributed by atoms with Gasteiger partial charge in [-0.3, -0.25) is 0 Å². The van der Waals surface area contributed by atoms with Crippen LogP contribution in [0, 0.1) is 6.92 Å². The van der Waals surface area contributed by atoms with Gasteiger partial charge in [0, 0.05) is 10.7 Å². The third-order valence-corrected chi connectivity index (χ3v) is 4.32. The number of halogens is 1. The number of rotatable bonds is 2. The average molecular weight is 302 g/mol. The number of hydrogen-bond donors (Lipinski definition) is 0. The fourth-order valence-electron chi connectivity index (χ4n) is 1.03. The lowest BCUT2D eigenvalue weighted by atomic mass is 10.1. The fourth-order valence-corrected chi connectivity index (χ4v) is 1.93. The van der Waals surface area contributed by atoms with E-state index in [1.54, 1.807) is 6.21 Å². The van der Waals surface area contributed by atoms with Gasteiger partial charge in [0.15, 0.2) is 0 Å². The van der Waals surface area contributed by atoms with Crippen LogP contribution in [0.5, 0.6) is 0 Å². The minimum absolute atomic E-state index is 0.309. The summed E-state index contributed by atoms with van der Waals surface area (Å²) < 4.78 is 16.6. The van der Waals surface area contributed by atoms with E-state index in [0.717, 1.165) is 15.6 Å². The molecule has 0 aromatic heterocycles. The van der Waals surface area contributed by atoms with E-state index in [2.05, 4.69) is 20.3 Å². The Bertz CT molecular complexity index is 435. The second kappa shape index (κ2) is 5.23. The maximum absolute atomic E-state index is 11.7. The molecule has 1 atom stereocenters. The quantitative estimate of drug-likeness (QED) is 0.767. The summed E-state index contributed by atoms with van der Waals surface area (Å²) in [4.78, 5) is 0. The zero-order valence-electron chi connectivity index (χ0n) is 9.95. The summed E-state index contributed by atoms with van der Waals surface area (Å²) >= 11 is 3.46. The summed E-state index contributed by atoms with van der Waals surface area (Å²) in [5.41, 5.74) is 2.10. The van der Waals surface area contributed by atoms with E-state index in [9.17, 15) is 4.21 Å².